The van der Waals surface area contributed by atoms with Gasteiger partial charge in [0.2, 0.25) is 0 Å². The molecular formula is C17H21N3. The van der Waals surface area contributed by atoms with Crippen LogP contribution in [-0.4, -0.2) is 9.97 Å². The minimum absolute atomic E-state index is 0.349. The number of benzene rings is 1. The van der Waals surface area contributed by atoms with E-state index in [1.54, 1.807) is 0 Å². The van der Waals surface area contributed by atoms with Crippen LogP contribution in [0.4, 0.5) is 5.82 Å². The number of rotatable bonds is 3. The minimum Gasteiger partial charge on any atom is -0.383 e. The lowest BCUT2D eigenvalue weighted by Crippen LogP contribution is -2.06. The Bertz CT molecular complexity index is 619. The predicted octanol–water partition coefficient (Wildman–Crippen LogP) is 4.04. The molecule has 1 aromatic heterocycles. The van der Waals surface area contributed by atoms with Gasteiger partial charge in [-0.3, -0.25) is 0 Å². The monoisotopic (exact) mass is 267 g/mol. The molecule has 0 bridgehead atoms. The molecule has 3 rings (SSSR count). The Hall–Kier alpha value is -1.90. The molecule has 0 unspecified atom stereocenters. The summed E-state index contributed by atoms with van der Waals surface area (Å²) in [5.41, 5.74) is 10.6. The van der Waals surface area contributed by atoms with E-state index in [1.807, 2.05) is 6.92 Å². The molecule has 0 amide bonds. The summed E-state index contributed by atoms with van der Waals surface area (Å²) < 4.78 is 0. The van der Waals surface area contributed by atoms with Crippen molar-refractivity contribution in [2.45, 2.75) is 45.4 Å². The molecule has 0 atom stereocenters. The lowest BCUT2D eigenvalue weighted by molar-refractivity contribution is 0.836. The Labute approximate surface area is 120 Å². The van der Waals surface area contributed by atoms with Crippen molar-refractivity contribution in [2.24, 2.45) is 0 Å². The molecule has 1 aliphatic carbocycles. The molecule has 0 saturated heterocycles. The third-order valence-electron chi connectivity index (χ3n) is 3.94. The maximum atomic E-state index is 6.12. The first kappa shape index (κ1) is 13.1. The van der Waals surface area contributed by atoms with Gasteiger partial charge in [0.25, 0.3) is 0 Å². The molecule has 20 heavy (non-hydrogen) atoms. The van der Waals surface area contributed by atoms with Crippen molar-refractivity contribution in [3.05, 3.63) is 41.1 Å². The van der Waals surface area contributed by atoms with Crippen LogP contribution in [0.2, 0.25) is 0 Å². The van der Waals surface area contributed by atoms with E-state index in [9.17, 15) is 0 Å². The predicted molar refractivity (Wildman–Crippen MR) is 82.7 cm³/mol. The summed E-state index contributed by atoms with van der Waals surface area (Å²) >= 11 is 0. The molecule has 1 fully saturated rings. The zero-order chi connectivity index (χ0) is 14.3. The first-order valence-corrected chi connectivity index (χ1v) is 7.30. The van der Waals surface area contributed by atoms with E-state index in [2.05, 4.69) is 48.1 Å². The number of nitrogens with zero attached hydrogens (tertiary/aromatic N) is 2. The third-order valence-corrected chi connectivity index (χ3v) is 3.94. The molecule has 1 saturated carbocycles. The molecule has 3 nitrogen and oxygen atoms in total. The number of nitrogen functional groups attached to an aromatic ring is 1. The van der Waals surface area contributed by atoms with Crippen LogP contribution < -0.4 is 5.73 Å². The van der Waals surface area contributed by atoms with Crippen LogP contribution >= 0.6 is 0 Å². The second-order valence-corrected chi connectivity index (χ2v) is 5.99. The molecule has 0 spiro atoms. The fourth-order valence-electron chi connectivity index (χ4n) is 2.79. The summed E-state index contributed by atoms with van der Waals surface area (Å²) in [6.45, 7) is 6.26. The van der Waals surface area contributed by atoms with Crippen molar-refractivity contribution >= 4 is 5.82 Å². The van der Waals surface area contributed by atoms with Crippen LogP contribution in [-0.2, 0) is 0 Å². The van der Waals surface area contributed by atoms with Crippen LogP contribution in [0.5, 0.6) is 0 Å². The molecular weight excluding hydrogens is 246 g/mol. The zero-order valence-electron chi connectivity index (χ0n) is 12.4. The summed E-state index contributed by atoms with van der Waals surface area (Å²) in [5.74, 6) is 2.44. The quantitative estimate of drug-likeness (QED) is 0.913. The van der Waals surface area contributed by atoms with Gasteiger partial charge in [0.1, 0.15) is 5.82 Å². The molecule has 1 aliphatic rings. The number of nitrogens with two attached hydrogens (primary N) is 1. The first-order valence-electron chi connectivity index (χ1n) is 7.30. The first-order chi connectivity index (χ1) is 9.56. The number of aromatic nitrogens is 2. The molecule has 1 aromatic carbocycles. The highest BCUT2D eigenvalue weighted by molar-refractivity contribution is 5.60. The van der Waals surface area contributed by atoms with Crippen LogP contribution in [0.25, 0.3) is 11.4 Å². The van der Waals surface area contributed by atoms with Crippen LogP contribution in [0, 0.1) is 6.92 Å². The van der Waals surface area contributed by atoms with Gasteiger partial charge in [-0.15, -0.1) is 0 Å². The van der Waals surface area contributed by atoms with Gasteiger partial charge in [0.15, 0.2) is 5.82 Å². The molecule has 2 N–H and O–H groups in total. The van der Waals surface area contributed by atoms with Gasteiger partial charge in [0, 0.05) is 16.8 Å². The van der Waals surface area contributed by atoms with E-state index >= 15 is 0 Å². The summed E-state index contributed by atoms with van der Waals surface area (Å²) in [6.07, 6.45) is 2.61. The van der Waals surface area contributed by atoms with Gasteiger partial charge in [-0.05, 0) is 43.2 Å². The minimum atomic E-state index is 0.349. The smallest absolute Gasteiger partial charge is 0.161 e. The lowest BCUT2D eigenvalue weighted by atomic mass is 10.0. The van der Waals surface area contributed by atoms with Crippen molar-refractivity contribution in [1.29, 1.82) is 0 Å². The Morgan fingerprint density at radius 3 is 2.55 bits per heavy atom. The molecule has 104 valence electrons. The highest BCUT2D eigenvalue weighted by Gasteiger charge is 2.23. The Morgan fingerprint density at radius 2 is 1.95 bits per heavy atom. The van der Waals surface area contributed by atoms with Crippen molar-refractivity contribution in [2.75, 3.05) is 5.73 Å². The van der Waals surface area contributed by atoms with Gasteiger partial charge in [-0.2, -0.15) is 0 Å². The van der Waals surface area contributed by atoms with E-state index in [1.165, 1.54) is 18.4 Å². The number of anilines is 1. The standard InChI is InChI=1S/C17H21N3/c1-10(2)15-11(3)19-17(20-16(15)18)14-6-4-5-13(9-14)12-7-8-12/h4-6,9-10,12H,7-8H2,1-3H3,(H2,18,19,20). The fraction of sp³-hybridized carbons (Fsp3) is 0.412. The average molecular weight is 267 g/mol. The summed E-state index contributed by atoms with van der Waals surface area (Å²) in [6, 6.07) is 8.56. The number of hydrogen-bond donors (Lipinski definition) is 1. The average Bonchev–Trinajstić information content (AvgIpc) is 3.21. The Balaban J connectivity index is 2.04. The topological polar surface area (TPSA) is 51.8 Å². The van der Waals surface area contributed by atoms with Gasteiger partial charge >= 0.3 is 0 Å². The van der Waals surface area contributed by atoms with Crippen molar-refractivity contribution in [3.63, 3.8) is 0 Å². The van der Waals surface area contributed by atoms with E-state index in [0.29, 0.717) is 11.7 Å². The summed E-state index contributed by atoms with van der Waals surface area (Å²) in [7, 11) is 0. The summed E-state index contributed by atoms with van der Waals surface area (Å²) in [5, 5.41) is 0. The second-order valence-electron chi connectivity index (χ2n) is 5.99. The van der Waals surface area contributed by atoms with Gasteiger partial charge in [-0.25, -0.2) is 9.97 Å². The molecule has 3 heteroatoms. The van der Waals surface area contributed by atoms with E-state index in [0.717, 1.165) is 28.6 Å². The van der Waals surface area contributed by atoms with Crippen molar-refractivity contribution in [1.82, 2.24) is 9.97 Å². The van der Waals surface area contributed by atoms with Crippen LogP contribution in [0.3, 0.4) is 0 Å². The fourth-order valence-corrected chi connectivity index (χ4v) is 2.79. The Kier molecular flexibility index (Phi) is 3.20. The normalized spacial score (nSPS) is 14.8. The maximum absolute atomic E-state index is 6.12. The van der Waals surface area contributed by atoms with Gasteiger partial charge in [-0.1, -0.05) is 32.0 Å². The van der Waals surface area contributed by atoms with E-state index in [-0.39, 0.29) is 0 Å². The van der Waals surface area contributed by atoms with Crippen LogP contribution in [0.15, 0.2) is 24.3 Å². The number of hydrogen-bond acceptors (Lipinski definition) is 3. The third kappa shape index (κ3) is 2.40. The lowest BCUT2D eigenvalue weighted by Gasteiger charge is -2.13. The van der Waals surface area contributed by atoms with E-state index < -0.39 is 0 Å². The van der Waals surface area contributed by atoms with Gasteiger partial charge in [0.05, 0.1) is 0 Å². The zero-order valence-corrected chi connectivity index (χ0v) is 12.4. The molecule has 0 aliphatic heterocycles. The maximum Gasteiger partial charge on any atom is 0.161 e. The SMILES string of the molecule is Cc1nc(-c2cccc(C3CC3)c2)nc(N)c1C(C)C. The Morgan fingerprint density at radius 1 is 1.20 bits per heavy atom. The van der Waals surface area contributed by atoms with Gasteiger partial charge < -0.3 is 5.73 Å². The molecule has 2 aromatic rings. The molecule has 1 heterocycles. The van der Waals surface area contributed by atoms with Crippen LogP contribution in [0.1, 0.15) is 55.3 Å². The highest BCUT2D eigenvalue weighted by Crippen LogP contribution is 2.41. The van der Waals surface area contributed by atoms with Crippen molar-refractivity contribution < 1.29 is 0 Å². The van der Waals surface area contributed by atoms with Crippen molar-refractivity contribution in [3.8, 4) is 11.4 Å². The number of aryl methyl sites for hydroxylation is 1. The second kappa shape index (κ2) is 4.89. The van der Waals surface area contributed by atoms with E-state index in [4.69, 9.17) is 5.73 Å². The highest BCUT2D eigenvalue weighted by atomic mass is 15.0. The largest absolute Gasteiger partial charge is 0.383 e. The summed E-state index contributed by atoms with van der Waals surface area (Å²) in [4.78, 5) is 9.17. The molecule has 0 radical (unpaired) electrons.